The highest BCUT2D eigenvalue weighted by Crippen LogP contribution is 2.40. The number of hydrogen-bond acceptors (Lipinski definition) is 2. The van der Waals surface area contributed by atoms with E-state index < -0.39 is 0 Å². The van der Waals surface area contributed by atoms with Gasteiger partial charge in [-0.3, -0.25) is 4.79 Å². The molecular weight excluding hydrogens is 198 g/mol. The van der Waals surface area contributed by atoms with Crippen LogP contribution >= 0.6 is 12.4 Å². The highest BCUT2D eigenvalue weighted by atomic mass is 35.5. The van der Waals surface area contributed by atoms with E-state index in [-0.39, 0.29) is 12.4 Å². The second-order valence-electron chi connectivity index (χ2n) is 3.81. The highest BCUT2D eigenvalue weighted by Gasteiger charge is 2.31. The van der Waals surface area contributed by atoms with E-state index in [0.29, 0.717) is 11.7 Å². The number of nitrogens with one attached hydrogen (secondary N) is 1. The molecular formula is C11H12ClNO. The van der Waals surface area contributed by atoms with Gasteiger partial charge in [0.05, 0.1) is 0 Å². The van der Waals surface area contributed by atoms with Crippen LogP contribution in [0, 0.1) is 0 Å². The number of halogens is 1. The van der Waals surface area contributed by atoms with Crippen molar-refractivity contribution in [3.05, 3.63) is 29.3 Å². The van der Waals surface area contributed by atoms with Crippen molar-refractivity contribution in [2.24, 2.45) is 0 Å². The number of carbonyl (C=O) groups is 1. The first kappa shape index (κ1) is 9.53. The Morgan fingerprint density at radius 3 is 3.07 bits per heavy atom. The fourth-order valence-electron chi connectivity index (χ4n) is 2.42. The first-order chi connectivity index (χ1) is 6.36. The molecule has 2 nitrogen and oxygen atoms in total. The Morgan fingerprint density at radius 1 is 1.36 bits per heavy atom. The summed E-state index contributed by atoms with van der Waals surface area (Å²) in [5.74, 6) is 0.903. The lowest BCUT2D eigenvalue weighted by Crippen LogP contribution is -2.14. The molecule has 0 saturated heterocycles. The van der Waals surface area contributed by atoms with Crippen molar-refractivity contribution in [2.45, 2.75) is 18.8 Å². The van der Waals surface area contributed by atoms with E-state index >= 15 is 0 Å². The zero-order valence-corrected chi connectivity index (χ0v) is 8.56. The van der Waals surface area contributed by atoms with Gasteiger partial charge in [0.15, 0.2) is 5.78 Å². The number of rotatable bonds is 0. The summed E-state index contributed by atoms with van der Waals surface area (Å²) in [5, 5.41) is 3.35. The molecule has 3 rings (SSSR count). The number of anilines is 1. The Labute approximate surface area is 89.1 Å². The van der Waals surface area contributed by atoms with Crippen LogP contribution in [0.5, 0.6) is 0 Å². The Bertz CT molecular complexity index is 389. The minimum absolute atomic E-state index is 0. The van der Waals surface area contributed by atoms with E-state index in [1.807, 2.05) is 12.1 Å². The smallest absolute Gasteiger partial charge is 0.163 e. The van der Waals surface area contributed by atoms with E-state index in [2.05, 4.69) is 11.4 Å². The van der Waals surface area contributed by atoms with Gasteiger partial charge in [-0.05, 0) is 18.1 Å². The van der Waals surface area contributed by atoms with E-state index in [9.17, 15) is 4.79 Å². The predicted molar refractivity (Wildman–Crippen MR) is 58.5 cm³/mol. The summed E-state index contributed by atoms with van der Waals surface area (Å²) >= 11 is 0. The first-order valence-corrected chi connectivity index (χ1v) is 4.76. The van der Waals surface area contributed by atoms with E-state index in [0.717, 1.165) is 24.9 Å². The molecule has 0 amide bonds. The van der Waals surface area contributed by atoms with Crippen molar-refractivity contribution in [2.75, 3.05) is 11.9 Å². The van der Waals surface area contributed by atoms with E-state index in [4.69, 9.17) is 0 Å². The molecule has 1 heterocycles. The summed E-state index contributed by atoms with van der Waals surface area (Å²) in [5.41, 5.74) is 3.41. The van der Waals surface area contributed by atoms with Crippen molar-refractivity contribution in [3.8, 4) is 0 Å². The second kappa shape index (κ2) is 3.28. The first-order valence-electron chi connectivity index (χ1n) is 4.76. The summed E-state index contributed by atoms with van der Waals surface area (Å²) in [6.45, 7) is 1.01. The Kier molecular flexibility index (Phi) is 2.23. The molecule has 0 saturated carbocycles. The van der Waals surface area contributed by atoms with Crippen LogP contribution in [-0.4, -0.2) is 12.3 Å². The van der Waals surface area contributed by atoms with Crippen molar-refractivity contribution in [1.82, 2.24) is 0 Å². The van der Waals surface area contributed by atoms with Crippen LogP contribution in [0.1, 0.15) is 34.7 Å². The van der Waals surface area contributed by atoms with Crippen LogP contribution in [0.2, 0.25) is 0 Å². The lowest BCUT2D eigenvalue weighted by Gasteiger charge is -2.18. The van der Waals surface area contributed by atoms with Crippen molar-refractivity contribution in [1.29, 1.82) is 0 Å². The monoisotopic (exact) mass is 209 g/mol. The van der Waals surface area contributed by atoms with E-state index in [1.54, 1.807) is 0 Å². The molecule has 1 aromatic carbocycles. The van der Waals surface area contributed by atoms with Crippen molar-refractivity contribution >= 4 is 23.9 Å². The van der Waals surface area contributed by atoms with Gasteiger partial charge in [-0.1, -0.05) is 12.1 Å². The fraction of sp³-hybridized carbons (Fsp3) is 0.364. The number of hydrogen-bond donors (Lipinski definition) is 1. The third-order valence-corrected chi connectivity index (χ3v) is 3.07. The quantitative estimate of drug-likeness (QED) is 0.712. The molecule has 0 fully saturated rings. The molecule has 2 aliphatic rings. The molecule has 3 heteroatoms. The standard InChI is InChI=1S/C11H11NO.ClH/c13-10-5-4-7-6-12-9-3-1-2-8(10)11(7)9;/h1-3,7,12H,4-6H2;1H. The summed E-state index contributed by atoms with van der Waals surface area (Å²) in [7, 11) is 0. The van der Waals surface area contributed by atoms with Gasteiger partial charge in [-0.2, -0.15) is 0 Å². The topological polar surface area (TPSA) is 29.1 Å². The molecule has 1 aromatic rings. The van der Waals surface area contributed by atoms with Gasteiger partial charge in [-0.15, -0.1) is 12.4 Å². The third kappa shape index (κ3) is 1.14. The zero-order chi connectivity index (χ0) is 8.84. The average Bonchev–Trinajstić information content (AvgIpc) is 2.57. The highest BCUT2D eigenvalue weighted by molar-refractivity contribution is 6.00. The van der Waals surface area contributed by atoms with Crippen LogP contribution < -0.4 is 5.32 Å². The average molecular weight is 210 g/mol. The van der Waals surface area contributed by atoms with Gasteiger partial charge in [0.1, 0.15) is 0 Å². The maximum Gasteiger partial charge on any atom is 0.163 e. The molecule has 1 atom stereocenters. The minimum atomic E-state index is 0. The molecule has 1 unspecified atom stereocenters. The molecule has 0 spiro atoms. The summed E-state index contributed by atoms with van der Waals surface area (Å²) in [4.78, 5) is 11.6. The minimum Gasteiger partial charge on any atom is -0.384 e. The lowest BCUT2D eigenvalue weighted by molar-refractivity contribution is 0.0968. The largest absolute Gasteiger partial charge is 0.384 e. The van der Waals surface area contributed by atoms with Crippen LogP contribution in [-0.2, 0) is 0 Å². The second-order valence-corrected chi connectivity index (χ2v) is 3.81. The maximum atomic E-state index is 11.6. The molecule has 0 radical (unpaired) electrons. The van der Waals surface area contributed by atoms with Gasteiger partial charge in [-0.25, -0.2) is 0 Å². The third-order valence-electron chi connectivity index (χ3n) is 3.07. The van der Waals surface area contributed by atoms with Gasteiger partial charge in [0.25, 0.3) is 0 Å². The van der Waals surface area contributed by atoms with Gasteiger partial charge in [0, 0.05) is 30.1 Å². The number of benzene rings is 1. The number of carbonyl (C=O) groups excluding carboxylic acids is 1. The van der Waals surface area contributed by atoms with Gasteiger partial charge in [0.2, 0.25) is 0 Å². The van der Waals surface area contributed by atoms with Crippen molar-refractivity contribution < 1.29 is 4.79 Å². The lowest BCUT2D eigenvalue weighted by atomic mass is 9.83. The summed E-state index contributed by atoms with van der Waals surface area (Å²) < 4.78 is 0. The summed E-state index contributed by atoms with van der Waals surface area (Å²) in [6.07, 6.45) is 1.75. The SMILES string of the molecule is Cl.O=C1CCC2CNc3cccc1c32. The van der Waals surface area contributed by atoms with Gasteiger partial charge >= 0.3 is 0 Å². The molecule has 1 aliphatic heterocycles. The van der Waals surface area contributed by atoms with E-state index in [1.165, 1.54) is 11.3 Å². The number of Topliss-reactive ketones (excluding diaryl/α,β-unsaturated/α-hetero) is 1. The molecule has 14 heavy (non-hydrogen) atoms. The van der Waals surface area contributed by atoms with Crippen LogP contribution in [0.4, 0.5) is 5.69 Å². The molecule has 0 aromatic heterocycles. The fourth-order valence-corrected chi connectivity index (χ4v) is 2.42. The Balaban J connectivity index is 0.000000750. The van der Waals surface area contributed by atoms with Gasteiger partial charge < -0.3 is 5.32 Å². The summed E-state index contributed by atoms with van der Waals surface area (Å²) in [6, 6.07) is 5.99. The van der Waals surface area contributed by atoms with Crippen molar-refractivity contribution in [3.63, 3.8) is 0 Å². The number of ketones is 1. The van der Waals surface area contributed by atoms with Crippen LogP contribution in [0.15, 0.2) is 18.2 Å². The molecule has 1 N–H and O–H groups in total. The Hall–Kier alpha value is -1.02. The maximum absolute atomic E-state index is 11.6. The normalized spacial score (nSPS) is 22.3. The van der Waals surface area contributed by atoms with Crippen LogP contribution in [0.25, 0.3) is 0 Å². The zero-order valence-electron chi connectivity index (χ0n) is 7.75. The predicted octanol–water partition coefficient (Wildman–Crippen LogP) is 2.59. The molecule has 0 bridgehead atoms. The molecule has 1 aliphatic carbocycles. The Morgan fingerprint density at radius 2 is 2.21 bits per heavy atom. The molecule has 74 valence electrons. The van der Waals surface area contributed by atoms with Crippen LogP contribution in [0.3, 0.4) is 0 Å².